The van der Waals surface area contributed by atoms with Crippen molar-refractivity contribution in [3.8, 4) is 17.2 Å². The predicted molar refractivity (Wildman–Crippen MR) is 118 cm³/mol. The van der Waals surface area contributed by atoms with E-state index in [2.05, 4.69) is 0 Å². The van der Waals surface area contributed by atoms with Gasteiger partial charge < -0.3 is 29.3 Å². The molecular formula is C24H27NO7. The molecule has 32 heavy (non-hydrogen) atoms. The van der Waals surface area contributed by atoms with Crippen LogP contribution in [0.5, 0.6) is 17.2 Å². The van der Waals surface area contributed by atoms with E-state index in [1.165, 1.54) is 18.1 Å². The van der Waals surface area contributed by atoms with Crippen LogP contribution in [0.25, 0.3) is 5.76 Å². The molecule has 1 amide bonds. The van der Waals surface area contributed by atoms with Gasteiger partial charge >= 0.3 is 0 Å². The molecule has 2 N–H and O–H groups in total. The Bertz CT molecular complexity index is 1010. The molecule has 1 heterocycles. The van der Waals surface area contributed by atoms with Gasteiger partial charge in [-0.05, 0) is 55.8 Å². The minimum atomic E-state index is -0.864. The molecule has 1 aliphatic heterocycles. The van der Waals surface area contributed by atoms with Crippen LogP contribution in [-0.4, -0.2) is 60.3 Å². The number of aliphatic hydroxyl groups is 1. The minimum Gasteiger partial charge on any atom is -0.507 e. The highest BCUT2D eigenvalue weighted by Crippen LogP contribution is 2.41. The highest BCUT2D eigenvalue weighted by Gasteiger charge is 2.46. The summed E-state index contributed by atoms with van der Waals surface area (Å²) in [7, 11) is 1.50. The molecule has 1 atom stereocenters. The monoisotopic (exact) mass is 441 g/mol. The van der Waals surface area contributed by atoms with Crippen molar-refractivity contribution in [2.75, 3.05) is 33.5 Å². The third-order valence-corrected chi connectivity index (χ3v) is 5.11. The average Bonchev–Trinajstić information content (AvgIpc) is 3.04. The normalized spacial score (nSPS) is 17.6. The zero-order valence-corrected chi connectivity index (χ0v) is 18.3. The number of phenols is 1. The second-order valence-corrected chi connectivity index (χ2v) is 7.10. The van der Waals surface area contributed by atoms with Crippen LogP contribution in [0.4, 0.5) is 0 Å². The number of carbonyl (C=O) groups is 2. The molecule has 3 rings (SSSR count). The first-order valence-corrected chi connectivity index (χ1v) is 10.4. The van der Waals surface area contributed by atoms with E-state index in [4.69, 9.17) is 14.2 Å². The lowest BCUT2D eigenvalue weighted by molar-refractivity contribution is -0.140. The number of phenolic OH excluding ortho intramolecular Hbond substituents is 1. The van der Waals surface area contributed by atoms with Crippen LogP contribution in [0.3, 0.4) is 0 Å². The maximum atomic E-state index is 13.0. The van der Waals surface area contributed by atoms with Crippen molar-refractivity contribution >= 4 is 17.4 Å². The number of carbonyl (C=O) groups excluding carboxylic acids is 2. The van der Waals surface area contributed by atoms with Crippen molar-refractivity contribution in [3.63, 3.8) is 0 Å². The van der Waals surface area contributed by atoms with Crippen LogP contribution in [0.15, 0.2) is 48.0 Å². The van der Waals surface area contributed by atoms with Crippen LogP contribution >= 0.6 is 0 Å². The number of aromatic hydroxyl groups is 1. The lowest BCUT2D eigenvalue weighted by atomic mass is 9.95. The van der Waals surface area contributed by atoms with E-state index in [1.54, 1.807) is 43.3 Å². The Labute approximate surface area is 186 Å². The number of amides is 1. The fourth-order valence-electron chi connectivity index (χ4n) is 3.65. The van der Waals surface area contributed by atoms with E-state index >= 15 is 0 Å². The second-order valence-electron chi connectivity index (χ2n) is 7.10. The molecule has 0 aromatic heterocycles. The fourth-order valence-corrected chi connectivity index (χ4v) is 3.65. The largest absolute Gasteiger partial charge is 0.507 e. The second kappa shape index (κ2) is 10.2. The summed E-state index contributed by atoms with van der Waals surface area (Å²) in [6.07, 6.45) is 0. The molecule has 0 radical (unpaired) electrons. The van der Waals surface area contributed by atoms with Gasteiger partial charge in [0.1, 0.15) is 11.5 Å². The fraction of sp³-hybridized carbons (Fsp3) is 0.333. The summed E-state index contributed by atoms with van der Waals surface area (Å²) in [6, 6.07) is 10.4. The Morgan fingerprint density at radius 2 is 1.72 bits per heavy atom. The van der Waals surface area contributed by atoms with Gasteiger partial charge in [-0.15, -0.1) is 0 Å². The minimum absolute atomic E-state index is 0.0385. The Balaban J connectivity index is 2.13. The summed E-state index contributed by atoms with van der Waals surface area (Å²) in [6.45, 7) is 4.83. The summed E-state index contributed by atoms with van der Waals surface area (Å²) < 4.78 is 16.0. The number of likely N-dealkylation sites (tertiary alicyclic amines) is 1. The number of methoxy groups -OCH3 is 1. The van der Waals surface area contributed by atoms with Crippen molar-refractivity contribution in [1.29, 1.82) is 0 Å². The molecule has 0 bridgehead atoms. The van der Waals surface area contributed by atoms with Gasteiger partial charge in [-0.3, -0.25) is 9.59 Å². The Morgan fingerprint density at radius 3 is 2.34 bits per heavy atom. The molecule has 1 unspecified atom stereocenters. The van der Waals surface area contributed by atoms with Gasteiger partial charge in [0.15, 0.2) is 11.5 Å². The van der Waals surface area contributed by atoms with Crippen LogP contribution < -0.4 is 9.47 Å². The molecule has 2 aromatic rings. The number of hydrogen-bond acceptors (Lipinski definition) is 7. The molecule has 2 aromatic carbocycles. The molecular weight excluding hydrogens is 414 g/mol. The molecule has 170 valence electrons. The van der Waals surface area contributed by atoms with Gasteiger partial charge in [-0.1, -0.05) is 6.07 Å². The molecule has 8 nitrogen and oxygen atoms in total. The summed E-state index contributed by atoms with van der Waals surface area (Å²) in [5.41, 5.74) is 0.865. The van der Waals surface area contributed by atoms with Gasteiger partial charge in [0.2, 0.25) is 0 Å². The third kappa shape index (κ3) is 4.55. The summed E-state index contributed by atoms with van der Waals surface area (Å²) >= 11 is 0. The number of hydrogen-bond donors (Lipinski definition) is 2. The maximum absolute atomic E-state index is 13.0. The van der Waals surface area contributed by atoms with Gasteiger partial charge in [-0.2, -0.15) is 0 Å². The van der Waals surface area contributed by atoms with E-state index in [0.29, 0.717) is 30.1 Å². The molecule has 1 fully saturated rings. The molecule has 8 heteroatoms. The van der Waals surface area contributed by atoms with Gasteiger partial charge in [0, 0.05) is 19.2 Å². The SMILES string of the molecule is CCOc1ccc(/C(O)=C2\C(=O)C(=O)N(CCOC)C2c2ccc(O)c(OCC)c2)cc1. The zero-order valence-electron chi connectivity index (χ0n) is 18.3. The van der Waals surface area contributed by atoms with Crippen LogP contribution in [0.1, 0.15) is 31.0 Å². The first-order valence-electron chi connectivity index (χ1n) is 10.4. The number of benzene rings is 2. The van der Waals surface area contributed by atoms with E-state index in [9.17, 15) is 19.8 Å². The smallest absolute Gasteiger partial charge is 0.295 e. The van der Waals surface area contributed by atoms with E-state index < -0.39 is 17.7 Å². The first kappa shape index (κ1) is 23.1. The number of aliphatic hydroxyl groups excluding tert-OH is 1. The molecule has 1 saturated heterocycles. The molecule has 0 aliphatic carbocycles. The topological polar surface area (TPSA) is 106 Å². The molecule has 1 aliphatic rings. The van der Waals surface area contributed by atoms with E-state index in [-0.39, 0.29) is 36.0 Å². The lowest BCUT2D eigenvalue weighted by Gasteiger charge is -2.25. The Hall–Kier alpha value is -3.52. The van der Waals surface area contributed by atoms with Crippen molar-refractivity contribution < 1.29 is 34.0 Å². The number of rotatable bonds is 9. The lowest BCUT2D eigenvalue weighted by Crippen LogP contribution is -2.32. The van der Waals surface area contributed by atoms with Crippen molar-refractivity contribution in [2.45, 2.75) is 19.9 Å². The predicted octanol–water partition coefficient (Wildman–Crippen LogP) is 3.26. The standard InChI is InChI=1S/C24H27NO7/c1-4-31-17-9-6-15(7-10-17)22(27)20-21(25(12-13-30-3)24(29)23(20)28)16-8-11-18(26)19(14-16)32-5-2/h6-11,14,21,26-27H,4-5,12-13H2,1-3H3/b22-20+. The van der Waals surface area contributed by atoms with Crippen LogP contribution in [0, 0.1) is 0 Å². The highest BCUT2D eigenvalue weighted by atomic mass is 16.5. The average molecular weight is 441 g/mol. The number of nitrogens with zero attached hydrogens (tertiary/aromatic N) is 1. The van der Waals surface area contributed by atoms with Gasteiger partial charge in [0.25, 0.3) is 11.7 Å². The maximum Gasteiger partial charge on any atom is 0.295 e. The summed E-state index contributed by atoms with van der Waals surface area (Å²) in [4.78, 5) is 27.2. The van der Waals surface area contributed by atoms with Gasteiger partial charge in [-0.25, -0.2) is 0 Å². The van der Waals surface area contributed by atoms with Gasteiger partial charge in [0.05, 0.1) is 31.4 Å². The van der Waals surface area contributed by atoms with Crippen molar-refractivity contribution in [2.24, 2.45) is 0 Å². The zero-order chi connectivity index (χ0) is 23.3. The number of Topliss-reactive ketones (excluding diaryl/α,β-unsaturated/α-hetero) is 1. The molecule has 0 saturated carbocycles. The van der Waals surface area contributed by atoms with E-state index in [1.807, 2.05) is 6.92 Å². The van der Waals surface area contributed by atoms with Crippen LogP contribution in [-0.2, 0) is 14.3 Å². The molecule has 0 spiro atoms. The Morgan fingerprint density at radius 1 is 1.03 bits per heavy atom. The van der Waals surface area contributed by atoms with Crippen molar-refractivity contribution in [3.05, 3.63) is 59.2 Å². The first-order chi connectivity index (χ1) is 15.4. The van der Waals surface area contributed by atoms with E-state index in [0.717, 1.165) is 0 Å². The number of ether oxygens (including phenoxy) is 3. The Kier molecular flexibility index (Phi) is 7.37. The highest BCUT2D eigenvalue weighted by molar-refractivity contribution is 6.46. The third-order valence-electron chi connectivity index (χ3n) is 5.11. The number of ketones is 1. The summed E-state index contributed by atoms with van der Waals surface area (Å²) in [5.74, 6) is -1.02. The van der Waals surface area contributed by atoms with Crippen LogP contribution in [0.2, 0.25) is 0 Å². The quantitative estimate of drug-likeness (QED) is 0.350. The van der Waals surface area contributed by atoms with Crippen molar-refractivity contribution in [1.82, 2.24) is 4.90 Å². The summed E-state index contributed by atoms with van der Waals surface area (Å²) in [5, 5.41) is 21.1.